The summed E-state index contributed by atoms with van der Waals surface area (Å²) < 4.78 is 0. The van der Waals surface area contributed by atoms with Gasteiger partial charge < -0.3 is 4.90 Å². The van der Waals surface area contributed by atoms with Gasteiger partial charge >= 0.3 is 0 Å². The Morgan fingerprint density at radius 3 is 2.46 bits per heavy atom. The molecule has 6 heteroatoms. The van der Waals surface area contributed by atoms with E-state index in [9.17, 15) is 4.79 Å². The van der Waals surface area contributed by atoms with Crippen molar-refractivity contribution in [3.63, 3.8) is 0 Å². The van der Waals surface area contributed by atoms with Crippen LogP contribution in [0.4, 0.5) is 0 Å². The van der Waals surface area contributed by atoms with E-state index in [-0.39, 0.29) is 23.3 Å². The third-order valence-electron chi connectivity index (χ3n) is 5.11. The van der Waals surface area contributed by atoms with Gasteiger partial charge in [-0.05, 0) is 38.2 Å². The largest absolute Gasteiger partial charge is 0.341 e. The molecule has 1 amide bonds. The van der Waals surface area contributed by atoms with Crippen LogP contribution in [-0.2, 0) is 4.79 Å². The van der Waals surface area contributed by atoms with Crippen molar-refractivity contribution in [2.75, 3.05) is 13.1 Å². The number of carbonyl (C=O) groups excluding carboxylic acids is 1. The SMILES string of the molecule is Cc1cc(C)nc(C2CCN(C(=O)C3CC(C(C)(C)C)NN3)C2)n1. The lowest BCUT2D eigenvalue weighted by molar-refractivity contribution is -0.132. The Hall–Kier alpha value is -1.53. The Labute approximate surface area is 144 Å². The van der Waals surface area contributed by atoms with Crippen LogP contribution in [0.25, 0.3) is 0 Å². The third kappa shape index (κ3) is 3.59. The summed E-state index contributed by atoms with van der Waals surface area (Å²) in [5.74, 6) is 1.33. The molecule has 2 fully saturated rings. The summed E-state index contributed by atoms with van der Waals surface area (Å²) in [5.41, 5.74) is 8.61. The van der Waals surface area contributed by atoms with Crippen LogP contribution in [0.3, 0.4) is 0 Å². The normalized spacial score (nSPS) is 27.7. The highest BCUT2D eigenvalue weighted by molar-refractivity contribution is 5.82. The number of nitrogens with one attached hydrogen (secondary N) is 2. The van der Waals surface area contributed by atoms with Crippen LogP contribution in [0, 0.1) is 19.3 Å². The van der Waals surface area contributed by atoms with Crippen molar-refractivity contribution in [1.29, 1.82) is 0 Å². The van der Waals surface area contributed by atoms with Crippen molar-refractivity contribution in [2.45, 2.75) is 65.5 Å². The van der Waals surface area contributed by atoms with Crippen LogP contribution in [0.5, 0.6) is 0 Å². The van der Waals surface area contributed by atoms with E-state index in [1.165, 1.54) is 0 Å². The minimum Gasteiger partial charge on any atom is -0.341 e. The molecule has 1 aromatic rings. The summed E-state index contributed by atoms with van der Waals surface area (Å²) in [6.45, 7) is 12.1. The van der Waals surface area contributed by atoms with Gasteiger partial charge in [-0.15, -0.1) is 0 Å². The predicted octanol–water partition coefficient (Wildman–Crippen LogP) is 1.69. The van der Waals surface area contributed by atoms with E-state index in [0.717, 1.165) is 43.1 Å². The van der Waals surface area contributed by atoms with Gasteiger partial charge in [0.25, 0.3) is 0 Å². The molecule has 1 aromatic heterocycles. The van der Waals surface area contributed by atoms with Crippen molar-refractivity contribution in [2.24, 2.45) is 5.41 Å². The molecule has 0 spiro atoms. The monoisotopic (exact) mass is 331 g/mol. The lowest BCUT2D eigenvalue weighted by Gasteiger charge is -2.26. The molecule has 0 saturated carbocycles. The molecular weight excluding hydrogens is 302 g/mol. The highest BCUT2D eigenvalue weighted by Gasteiger charge is 2.39. The maximum atomic E-state index is 12.8. The molecule has 2 aliphatic heterocycles. The molecular formula is C18H29N5O. The summed E-state index contributed by atoms with van der Waals surface area (Å²) in [7, 11) is 0. The highest BCUT2D eigenvalue weighted by atomic mass is 16.2. The molecule has 3 unspecified atom stereocenters. The topological polar surface area (TPSA) is 70.2 Å². The molecule has 2 saturated heterocycles. The Morgan fingerprint density at radius 2 is 1.88 bits per heavy atom. The lowest BCUT2D eigenvalue weighted by atomic mass is 9.84. The second-order valence-corrected chi connectivity index (χ2v) is 8.27. The van der Waals surface area contributed by atoms with Crippen molar-refractivity contribution in [1.82, 2.24) is 25.7 Å². The second-order valence-electron chi connectivity index (χ2n) is 8.27. The Balaban J connectivity index is 1.62. The van der Waals surface area contributed by atoms with Crippen molar-refractivity contribution < 1.29 is 4.79 Å². The Bertz CT molecular complexity index is 604. The maximum absolute atomic E-state index is 12.8. The summed E-state index contributed by atoms with van der Waals surface area (Å²) in [4.78, 5) is 23.9. The summed E-state index contributed by atoms with van der Waals surface area (Å²) in [5, 5.41) is 0. The van der Waals surface area contributed by atoms with Crippen molar-refractivity contribution in [3.8, 4) is 0 Å². The molecule has 2 aliphatic rings. The fourth-order valence-corrected chi connectivity index (χ4v) is 3.61. The highest BCUT2D eigenvalue weighted by Crippen LogP contribution is 2.29. The summed E-state index contributed by atoms with van der Waals surface area (Å²) in [6, 6.07) is 2.17. The molecule has 2 N–H and O–H groups in total. The molecule has 3 heterocycles. The van der Waals surface area contributed by atoms with Gasteiger partial charge in [0.1, 0.15) is 11.9 Å². The lowest BCUT2D eigenvalue weighted by Crippen LogP contribution is -2.45. The van der Waals surface area contributed by atoms with E-state index in [2.05, 4.69) is 41.6 Å². The van der Waals surface area contributed by atoms with Gasteiger partial charge in [-0.3, -0.25) is 10.2 Å². The number of aryl methyl sites for hydroxylation is 2. The zero-order valence-corrected chi connectivity index (χ0v) is 15.4. The number of carbonyl (C=O) groups is 1. The number of hydrogen-bond donors (Lipinski definition) is 2. The van der Waals surface area contributed by atoms with Crippen LogP contribution in [0.2, 0.25) is 0 Å². The molecule has 24 heavy (non-hydrogen) atoms. The Kier molecular flexibility index (Phi) is 4.62. The number of aromatic nitrogens is 2. The molecule has 132 valence electrons. The number of hydrogen-bond acceptors (Lipinski definition) is 5. The van der Waals surface area contributed by atoms with Crippen molar-refractivity contribution >= 4 is 5.91 Å². The zero-order valence-electron chi connectivity index (χ0n) is 15.4. The van der Waals surface area contributed by atoms with Crippen LogP contribution in [0.1, 0.15) is 56.7 Å². The Morgan fingerprint density at radius 1 is 1.21 bits per heavy atom. The second kappa shape index (κ2) is 6.41. The first kappa shape index (κ1) is 17.3. The average Bonchev–Trinajstić information content (AvgIpc) is 3.15. The first-order chi connectivity index (χ1) is 11.2. The van der Waals surface area contributed by atoms with Gasteiger partial charge in [0, 0.05) is 36.4 Å². The van der Waals surface area contributed by atoms with Crippen LogP contribution >= 0.6 is 0 Å². The van der Waals surface area contributed by atoms with Crippen LogP contribution in [0.15, 0.2) is 6.07 Å². The minimum absolute atomic E-state index is 0.131. The number of rotatable bonds is 2. The van der Waals surface area contributed by atoms with Gasteiger partial charge in [-0.1, -0.05) is 20.8 Å². The molecule has 3 atom stereocenters. The van der Waals surface area contributed by atoms with E-state index in [4.69, 9.17) is 0 Å². The molecule has 0 bridgehead atoms. The van der Waals surface area contributed by atoms with E-state index in [0.29, 0.717) is 6.04 Å². The smallest absolute Gasteiger partial charge is 0.241 e. The number of nitrogens with zero attached hydrogens (tertiary/aromatic N) is 3. The minimum atomic E-state index is -0.131. The van der Waals surface area contributed by atoms with E-state index in [1.807, 2.05) is 24.8 Å². The number of hydrazine groups is 1. The maximum Gasteiger partial charge on any atom is 0.241 e. The average molecular weight is 331 g/mol. The molecule has 3 rings (SSSR count). The standard InChI is InChI=1S/C18H29N5O/c1-11-8-12(2)20-16(19-11)13-6-7-23(10-13)17(24)14-9-15(22-21-14)18(3,4)5/h8,13-15,21-22H,6-7,9-10H2,1-5H3. The van der Waals surface area contributed by atoms with Gasteiger partial charge in [-0.2, -0.15) is 0 Å². The van der Waals surface area contributed by atoms with Gasteiger partial charge in [0.15, 0.2) is 0 Å². The summed E-state index contributed by atoms with van der Waals surface area (Å²) in [6.07, 6.45) is 1.78. The predicted molar refractivity (Wildman–Crippen MR) is 93.4 cm³/mol. The fraction of sp³-hybridized carbons (Fsp3) is 0.722. The first-order valence-corrected chi connectivity index (χ1v) is 8.86. The first-order valence-electron chi connectivity index (χ1n) is 8.86. The van der Waals surface area contributed by atoms with Gasteiger partial charge in [-0.25, -0.2) is 15.4 Å². The van der Waals surface area contributed by atoms with Crippen LogP contribution in [-0.4, -0.2) is 45.9 Å². The number of likely N-dealkylation sites (tertiary alicyclic amines) is 1. The number of amides is 1. The summed E-state index contributed by atoms with van der Waals surface area (Å²) >= 11 is 0. The molecule has 0 radical (unpaired) electrons. The fourth-order valence-electron chi connectivity index (χ4n) is 3.61. The zero-order chi connectivity index (χ0) is 17.5. The third-order valence-corrected chi connectivity index (χ3v) is 5.11. The van der Waals surface area contributed by atoms with E-state index in [1.54, 1.807) is 0 Å². The van der Waals surface area contributed by atoms with Crippen LogP contribution < -0.4 is 10.9 Å². The van der Waals surface area contributed by atoms with E-state index >= 15 is 0 Å². The van der Waals surface area contributed by atoms with Gasteiger partial charge in [0.2, 0.25) is 5.91 Å². The molecule has 0 aromatic carbocycles. The van der Waals surface area contributed by atoms with Crippen molar-refractivity contribution in [3.05, 3.63) is 23.3 Å². The van der Waals surface area contributed by atoms with Gasteiger partial charge in [0.05, 0.1) is 0 Å². The molecule has 0 aliphatic carbocycles. The quantitative estimate of drug-likeness (QED) is 0.863. The van der Waals surface area contributed by atoms with E-state index < -0.39 is 0 Å². The molecule has 6 nitrogen and oxygen atoms in total.